The number of carbonyl (C=O) groups is 1. The van der Waals surface area contributed by atoms with Crippen LogP contribution in [-0.4, -0.2) is 13.0 Å². The molecule has 1 aromatic carbocycles. The van der Waals surface area contributed by atoms with Crippen LogP contribution in [0.1, 0.15) is 27.7 Å². The van der Waals surface area contributed by atoms with Crippen molar-refractivity contribution in [2.45, 2.75) is 27.7 Å². The zero-order valence-electron chi connectivity index (χ0n) is 12.9. The first kappa shape index (κ1) is 14.6. The van der Waals surface area contributed by atoms with Gasteiger partial charge in [-0.25, -0.2) is 0 Å². The van der Waals surface area contributed by atoms with Crippen molar-refractivity contribution in [3.05, 3.63) is 35.9 Å². The van der Waals surface area contributed by atoms with E-state index in [1.54, 1.807) is 7.11 Å². The van der Waals surface area contributed by atoms with Crippen molar-refractivity contribution in [2.24, 2.45) is 17.3 Å². The molecule has 20 heavy (non-hydrogen) atoms. The van der Waals surface area contributed by atoms with Gasteiger partial charge in [-0.05, 0) is 37.3 Å². The minimum absolute atomic E-state index is 0.0419. The minimum atomic E-state index is 0.0419. The highest BCUT2D eigenvalue weighted by molar-refractivity contribution is 5.95. The molecule has 0 unspecified atom stereocenters. The number of hydrogen-bond acceptors (Lipinski definition) is 2. The van der Waals surface area contributed by atoms with Gasteiger partial charge in [-0.3, -0.25) is 4.79 Å². The number of amides is 1. The summed E-state index contributed by atoms with van der Waals surface area (Å²) in [5.74, 6) is 1.21. The van der Waals surface area contributed by atoms with E-state index >= 15 is 0 Å². The third-order valence-electron chi connectivity index (χ3n) is 4.04. The lowest BCUT2D eigenvalue weighted by Gasteiger charge is -2.07. The Morgan fingerprint density at radius 2 is 2.05 bits per heavy atom. The van der Waals surface area contributed by atoms with Crippen LogP contribution in [-0.2, 0) is 4.79 Å². The first-order valence-electron chi connectivity index (χ1n) is 6.96. The normalized spacial score (nSPS) is 22.9. The van der Waals surface area contributed by atoms with Crippen molar-refractivity contribution >= 4 is 11.6 Å². The molecule has 2 rings (SSSR count). The summed E-state index contributed by atoms with van der Waals surface area (Å²) in [6, 6.07) is 7.46. The summed E-state index contributed by atoms with van der Waals surface area (Å²) in [5.41, 5.74) is 2.09. The number of rotatable bonds is 4. The molecule has 0 heterocycles. The van der Waals surface area contributed by atoms with Crippen LogP contribution < -0.4 is 10.1 Å². The number of hydrogen-bond donors (Lipinski definition) is 1. The molecule has 3 nitrogen and oxygen atoms in total. The van der Waals surface area contributed by atoms with Crippen molar-refractivity contribution in [3.8, 4) is 5.75 Å². The second kappa shape index (κ2) is 5.31. The highest BCUT2D eigenvalue weighted by atomic mass is 16.5. The van der Waals surface area contributed by atoms with Crippen LogP contribution in [0.4, 0.5) is 5.69 Å². The maximum Gasteiger partial charge on any atom is 0.228 e. The van der Waals surface area contributed by atoms with E-state index in [0.29, 0.717) is 5.92 Å². The Morgan fingerprint density at radius 3 is 2.65 bits per heavy atom. The van der Waals surface area contributed by atoms with Gasteiger partial charge in [0.15, 0.2) is 0 Å². The molecular weight excluding hydrogens is 250 g/mol. The third kappa shape index (κ3) is 2.87. The molecule has 0 bridgehead atoms. The van der Waals surface area contributed by atoms with Gasteiger partial charge in [0, 0.05) is 11.8 Å². The van der Waals surface area contributed by atoms with Gasteiger partial charge in [0.1, 0.15) is 5.75 Å². The molecular formula is C17H23NO2. The molecule has 1 aliphatic carbocycles. The van der Waals surface area contributed by atoms with Crippen LogP contribution in [0, 0.1) is 17.3 Å². The van der Waals surface area contributed by atoms with Gasteiger partial charge < -0.3 is 10.1 Å². The Kier molecular flexibility index (Phi) is 3.89. The number of methoxy groups -OCH3 is 1. The molecule has 1 N–H and O–H groups in total. The number of allylic oxidation sites excluding steroid dienone is 2. The van der Waals surface area contributed by atoms with E-state index in [-0.39, 0.29) is 17.2 Å². The van der Waals surface area contributed by atoms with Crippen LogP contribution in [0.5, 0.6) is 5.75 Å². The smallest absolute Gasteiger partial charge is 0.228 e. The number of ether oxygens (including phenoxy) is 1. The van der Waals surface area contributed by atoms with Gasteiger partial charge in [-0.15, -0.1) is 0 Å². The predicted octanol–water partition coefficient (Wildman–Crippen LogP) is 3.87. The van der Waals surface area contributed by atoms with E-state index in [2.05, 4.69) is 39.1 Å². The first-order chi connectivity index (χ1) is 9.36. The number of benzene rings is 1. The fourth-order valence-electron chi connectivity index (χ4n) is 2.77. The molecule has 0 aliphatic heterocycles. The molecule has 1 aliphatic rings. The summed E-state index contributed by atoms with van der Waals surface area (Å²) in [6.07, 6.45) is 2.20. The first-order valence-corrected chi connectivity index (χ1v) is 6.96. The fraction of sp³-hybridized carbons (Fsp3) is 0.471. The number of anilines is 1. The van der Waals surface area contributed by atoms with E-state index in [1.165, 1.54) is 5.57 Å². The average Bonchev–Trinajstić information content (AvgIpc) is 2.90. The van der Waals surface area contributed by atoms with Crippen LogP contribution >= 0.6 is 0 Å². The van der Waals surface area contributed by atoms with Crippen molar-refractivity contribution in [1.82, 2.24) is 0 Å². The molecule has 108 valence electrons. The van der Waals surface area contributed by atoms with Gasteiger partial charge in [-0.1, -0.05) is 31.6 Å². The predicted molar refractivity (Wildman–Crippen MR) is 81.8 cm³/mol. The molecule has 2 atom stereocenters. The van der Waals surface area contributed by atoms with Crippen molar-refractivity contribution in [2.75, 3.05) is 12.4 Å². The second-order valence-electron chi connectivity index (χ2n) is 6.29. The molecule has 1 aromatic rings. The Balaban J connectivity index is 2.08. The molecule has 0 radical (unpaired) electrons. The van der Waals surface area contributed by atoms with Gasteiger partial charge in [0.2, 0.25) is 5.91 Å². The van der Waals surface area contributed by atoms with Gasteiger partial charge in [-0.2, -0.15) is 0 Å². The summed E-state index contributed by atoms with van der Waals surface area (Å²) in [5, 5.41) is 2.99. The van der Waals surface area contributed by atoms with Crippen molar-refractivity contribution in [1.29, 1.82) is 0 Å². The SMILES string of the molecule is COc1cccc(NC(=O)[C@@H]2[C@H](C=C(C)C)C2(C)C)c1. The molecule has 0 spiro atoms. The molecule has 0 aromatic heterocycles. The van der Waals surface area contributed by atoms with Crippen LogP contribution in [0.2, 0.25) is 0 Å². The van der Waals surface area contributed by atoms with E-state index in [4.69, 9.17) is 4.74 Å². The summed E-state index contributed by atoms with van der Waals surface area (Å²) < 4.78 is 5.17. The van der Waals surface area contributed by atoms with E-state index in [0.717, 1.165) is 11.4 Å². The fourth-order valence-corrected chi connectivity index (χ4v) is 2.77. The Hall–Kier alpha value is -1.77. The zero-order valence-corrected chi connectivity index (χ0v) is 12.9. The summed E-state index contributed by atoms with van der Waals surface area (Å²) in [6.45, 7) is 8.44. The highest BCUT2D eigenvalue weighted by Gasteiger charge is 2.60. The van der Waals surface area contributed by atoms with E-state index in [1.807, 2.05) is 24.3 Å². The number of carbonyl (C=O) groups excluding carboxylic acids is 1. The standard InChI is InChI=1S/C17H23NO2/c1-11(2)9-14-15(17(14,3)4)16(19)18-12-7-6-8-13(10-12)20-5/h6-10,14-15H,1-5H3,(H,18,19)/t14-,15-/m0/s1. The Morgan fingerprint density at radius 1 is 1.35 bits per heavy atom. The Bertz CT molecular complexity index is 542. The van der Waals surface area contributed by atoms with Crippen molar-refractivity contribution < 1.29 is 9.53 Å². The van der Waals surface area contributed by atoms with Gasteiger partial charge in [0.25, 0.3) is 0 Å². The summed E-state index contributed by atoms with van der Waals surface area (Å²) in [7, 11) is 1.62. The topological polar surface area (TPSA) is 38.3 Å². The maximum absolute atomic E-state index is 12.4. The molecule has 1 amide bonds. The largest absolute Gasteiger partial charge is 0.497 e. The lowest BCUT2D eigenvalue weighted by molar-refractivity contribution is -0.118. The molecule has 0 saturated heterocycles. The lowest BCUT2D eigenvalue weighted by atomic mass is 10.1. The Labute approximate surface area is 121 Å². The zero-order chi connectivity index (χ0) is 14.9. The summed E-state index contributed by atoms with van der Waals surface area (Å²) in [4.78, 5) is 12.4. The average molecular weight is 273 g/mol. The lowest BCUT2D eigenvalue weighted by Crippen LogP contribution is -2.16. The van der Waals surface area contributed by atoms with E-state index in [9.17, 15) is 4.79 Å². The summed E-state index contributed by atoms with van der Waals surface area (Å²) >= 11 is 0. The highest BCUT2D eigenvalue weighted by Crippen LogP contribution is 2.59. The maximum atomic E-state index is 12.4. The van der Waals surface area contributed by atoms with Gasteiger partial charge in [0.05, 0.1) is 13.0 Å². The third-order valence-corrected chi connectivity index (χ3v) is 4.04. The molecule has 1 fully saturated rings. The van der Waals surface area contributed by atoms with Crippen molar-refractivity contribution in [3.63, 3.8) is 0 Å². The quantitative estimate of drug-likeness (QED) is 0.846. The van der Waals surface area contributed by atoms with E-state index < -0.39 is 0 Å². The van der Waals surface area contributed by atoms with Crippen LogP contribution in [0.15, 0.2) is 35.9 Å². The van der Waals surface area contributed by atoms with Crippen LogP contribution in [0.25, 0.3) is 0 Å². The van der Waals surface area contributed by atoms with Gasteiger partial charge >= 0.3 is 0 Å². The monoisotopic (exact) mass is 273 g/mol. The second-order valence-corrected chi connectivity index (χ2v) is 6.29. The number of nitrogens with one attached hydrogen (secondary N) is 1. The van der Waals surface area contributed by atoms with Crippen LogP contribution in [0.3, 0.4) is 0 Å². The molecule has 3 heteroatoms. The molecule has 1 saturated carbocycles. The minimum Gasteiger partial charge on any atom is -0.497 e.